The molecular formula is C20H16BrFN2O4. The van der Waals surface area contributed by atoms with E-state index in [4.69, 9.17) is 4.74 Å². The number of barbiturate groups is 1. The van der Waals surface area contributed by atoms with Crippen molar-refractivity contribution in [3.05, 3.63) is 63.9 Å². The smallest absolute Gasteiger partial charge is 0.336 e. The maximum Gasteiger partial charge on any atom is 0.336 e. The summed E-state index contributed by atoms with van der Waals surface area (Å²) in [6, 6.07) is 9.37. The van der Waals surface area contributed by atoms with Crippen LogP contribution in [0.1, 0.15) is 19.4 Å². The second-order valence-electron chi connectivity index (χ2n) is 6.27. The van der Waals surface area contributed by atoms with Gasteiger partial charge in [-0.05, 0) is 65.7 Å². The Hall–Kier alpha value is -3.00. The minimum atomic E-state index is -1.00. The summed E-state index contributed by atoms with van der Waals surface area (Å²) in [4.78, 5) is 37.7. The van der Waals surface area contributed by atoms with Crippen LogP contribution in [0.4, 0.5) is 14.9 Å². The lowest BCUT2D eigenvalue weighted by Gasteiger charge is -2.26. The minimum Gasteiger partial charge on any atom is -0.490 e. The topological polar surface area (TPSA) is 75.7 Å². The van der Waals surface area contributed by atoms with Gasteiger partial charge in [-0.25, -0.2) is 14.1 Å². The van der Waals surface area contributed by atoms with Crippen molar-refractivity contribution >= 4 is 45.5 Å². The number of para-hydroxylation sites is 1. The first-order chi connectivity index (χ1) is 13.3. The summed E-state index contributed by atoms with van der Waals surface area (Å²) in [5.41, 5.74) is 0.0156. The SMILES string of the molecule is CC(C)Oc1ccc(/C=C2/C(=O)NC(=O)N(c3ccccc3F)C2=O)cc1Br. The summed E-state index contributed by atoms with van der Waals surface area (Å²) in [5.74, 6) is -1.89. The Morgan fingerprint density at radius 1 is 1.14 bits per heavy atom. The fourth-order valence-corrected chi connectivity index (χ4v) is 3.12. The van der Waals surface area contributed by atoms with Crippen LogP contribution in [0, 0.1) is 5.82 Å². The third-order valence-corrected chi connectivity index (χ3v) is 4.44. The highest BCUT2D eigenvalue weighted by molar-refractivity contribution is 9.10. The Bertz CT molecular complexity index is 1000. The van der Waals surface area contributed by atoms with Gasteiger partial charge in [0.05, 0.1) is 16.3 Å². The maximum atomic E-state index is 14.1. The predicted molar refractivity (Wildman–Crippen MR) is 105 cm³/mol. The lowest BCUT2D eigenvalue weighted by Crippen LogP contribution is -2.54. The number of carbonyl (C=O) groups is 3. The van der Waals surface area contributed by atoms with E-state index in [0.29, 0.717) is 20.7 Å². The zero-order valence-electron chi connectivity index (χ0n) is 15.0. The van der Waals surface area contributed by atoms with Crippen LogP contribution in [-0.4, -0.2) is 23.9 Å². The van der Waals surface area contributed by atoms with Gasteiger partial charge in [0.2, 0.25) is 0 Å². The average molecular weight is 447 g/mol. The van der Waals surface area contributed by atoms with Gasteiger partial charge in [-0.1, -0.05) is 18.2 Å². The van der Waals surface area contributed by atoms with Crippen LogP contribution in [0.15, 0.2) is 52.5 Å². The van der Waals surface area contributed by atoms with Crippen LogP contribution in [0.5, 0.6) is 5.75 Å². The zero-order valence-corrected chi connectivity index (χ0v) is 16.6. The standard InChI is InChI=1S/C20H16BrFN2O4/c1-11(2)28-17-8-7-12(10-14(17)21)9-13-18(25)23-20(27)24(19(13)26)16-6-4-3-5-15(16)22/h3-11H,1-2H3,(H,23,25,27)/b13-9-. The van der Waals surface area contributed by atoms with Crippen LogP contribution < -0.4 is 15.0 Å². The maximum absolute atomic E-state index is 14.1. The zero-order chi connectivity index (χ0) is 20.4. The van der Waals surface area contributed by atoms with E-state index in [0.717, 1.165) is 6.07 Å². The van der Waals surface area contributed by atoms with Crippen molar-refractivity contribution < 1.29 is 23.5 Å². The van der Waals surface area contributed by atoms with Crippen molar-refractivity contribution in [1.29, 1.82) is 0 Å². The van der Waals surface area contributed by atoms with Gasteiger partial charge in [-0.15, -0.1) is 0 Å². The number of amides is 4. The van der Waals surface area contributed by atoms with Gasteiger partial charge < -0.3 is 4.74 Å². The van der Waals surface area contributed by atoms with E-state index in [9.17, 15) is 18.8 Å². The number of urea groups is 1. The molecule has 0 spiro atoms. The summed E-state index contributed by atoms with van der Waals surface area (Å²) in [6.45, 7) is 3.78. The molecule has 0 bridgehead atoms. The van der Waals surface area contributed by atoms with Crippen molar-refractivity contribution in [1.82, 2.24) is 5.32 Å². The quantitative estimate of drug-likeness (QED) is 0.567. The molecule has 144 valence electrons. The molecule has 2 aromatic rings. The fourth-order valence-electron chi connectivity index (χ4n) is 2.63. The van der Waals surface area contributed by atoms with Crippen LogP contribution in [0.25, 0.3) is 6.08 Å². The highest BCUT2D eigenvalue weighted by Gasteiger charge is 2.37. The molecule has 0 aliphatic carbocycles. The predicted octanol–water partition coefficient (Wildman–Crippen LogP) is 4.04. The van der Waals surface area contributed by atoms with Crippen LogP contribution in [-0.2, 0) is 9.59 Å². The molecular weight excluding hydrogens is 431 g/mol. The first-order valence-corrected chi connectivity index (χ1v) is 9.19. The van der Waals surface area contributed by atoms with Crippen molar-refractivity contribution in [2.24, 2.45) is 0 Å². The molecule has 0 aromatic heterocycles. The van der Waals surface area contributed by atoms with E-state index in [1.807, 2.05) is 13.8 Å². The van der Waals surface area contributed by atoms with Gasteiger partial charge in [0.25, 0.3) is 11.8 Å². The summed E-state index contributed by atoms with van der Waals surface area (Å²) in [5, 5.41) is 2.06. The Labute approximate surface area is 169 Å². The Balaban J connectivity index is 1.98. The highest BCUT2D eigenvalue weighted by Crippen LogP contribution is 2.29. The van der Waals surface area contributed by atoms with Crippen LogP contribution >= 0.6 is 15.9 Å². The van der Waals surface area contributed by atoms with Crippen LogP contribution in [0.3, 0.4) is 0 Å². The number of nitrogens with zero attached hydrogens (tertiary/aromatic N) is 1. The van der Waals surface area contributed by atoms with Crippen molar-refractivity contribution in [3.63, 3.8) is 0 Å². The molecule has 2 aromatic carbocycles. The molecule has 1 aliphatic heterocycles. The molecule has 3 rings (SSSR count). The van der Waals surface area contributed by atoms with E-state index in [-0.39, 0.29) is 17.4 Å². The fraction of sp³-hybridized carbons (Fsp3) is 0.150. The molecule has 8 heteroatoms. The second-order valence-corrected chi connectivity index (χ2v) is 7.12. The number of hydrogen-bond acceptors (Lipinski definition) is 4. The first-order valence-electron chi connectivity index (χ1n) is 8.40. The van der Waals surface area contributed by atoms with Gasteiger partial charge in [0.1, 0.15) is 17.1 Å². The number of rotatable bonds is 4. The van der Waals surface area contributed by atoms with Crippen molar-refractivity contribution in [3.8, 4) is 5.75 Å². The van der Waals surface area contributed by atoms with E-state index >= 15 is 0 Å². The van der Waals surface area contributed by atoms with E-state index in [2.05, 4.69) is 21.2 Å². The summed E-state index contributed by atoms with van der Waals surface area (Å²) in [7, 11) is 0. The van der Waals surface area contributed by atoms with Crippen molar-refractivity contribution in [2.75, 3.05) is 4.90 Å². The Kier molecular flexibility index (Phi) is 5.60. The number of nitrogens with one attached hydrogen (secondary N) is 1. The molecule has 0 atom stereocenters. The van der Waals surface area contributed by atoms with Crippen molar-refractivity contribution in [2.45, 2.75) is 20.0 Å². The number of hydrogen-bond donors (Lipinski definition) is 1. The third-order valence-electron chi connectivity index (χ3n) is 3.82. The molecule has 6 nitrogen and oxygen atoms in total. The first kappa shape index (κ1) is 19.8. The third kappa shape index (κ3) is 3.96. The van der Waals surface area contributed by atoms with Gasteiger partial charge in [0, 0.05) is 0 Å². The Morgan fingerprint density at radius 3 is 2.50 bits per heavy atom. The average Bonchev–Trinajstić information content (AvgIpc) is 2.62. The second kappa shape index (κ2) is 7.93. The molecule has 1 saturated heterocycles. The molecule has 1 aliphatic rings. The Morgan fingerprint density at radius 2 is 1.86 bits per heavy atom. The summed E-state index contributed by atoms with van der Waals surface area (Å²) >= 11 is 3.38. The number of imide groups is 2. The number of benzene rings is 2. The van der Waals surface area contributed by atoms with E-state index in [1.165, 1.54) is 24.3 Å². The minimum absolute atomic E-state index is 0.0217. The molecule has 1 N–H and O–H groups in total. The van der Waals surface area contributed by atoms with Gasteiger partial charge in [-0.2, -0.15) is 0 Å². The summed E-state index contributed by atoms with van der Waals surface area (Å²) < 4.78 is 20.3. The normalized spacial score (nSPS) is 16.0. The molecule has 1 fully saturated rings. The highest BCUT2D eigenvalue weighted by atomic mass is 79.9. The number of ether oxygens (including phenoxy) is 1. The number of carbonyl (C=O) groups excluding carboxylic acids is 3. The molecule has 4 amide bonds. The van der Waals surface area contributed by atoms with E-state index in [1.54, 1.807) is 18.2 Å². The molecule has 0 saturated carbocycles. The van der Waals surface area contributed by atoms with Crippen LogP contribution in [0.2, 0.25) is 0 Å². The number of halogens is 2. The van der Waals surface area contributed by atoms with Gasteiger partial charge in [0.15, 0.2) is 0 Å². The van der Waals surface area contributed by atoms with Gasteiger partial charge in [-0.3, -0.25) is 14.9 Å². The number of anilines is 1. The molecule has 0 unspecified atom stereocenters. The molecule has 1 heterocycles. The molecule has 0 radical (unpaired) electrons. The van der Waals surface area contributed by atoms with E-state index < -0.39 is 23.7 Å². The monoisotopic (exact) mass is 446 g/mol. The lowest BCUT2D eigenvalue weighted by atomic mass is 10.1. The molecule has 28 heavy (non-hydrogen) atoms. The lowest BCUT2D eigenvalue weighted by molar-refractivity contribution is -0.122. The largest absolute Gasteiger partial charge is 0.490 e. The summed E-state index contributed by atoms with van der Waals surface area (Å²) in [6.07, 6.45) is 1.31. The van der Waals surface area contributed by atoms with Gasteiger partial charge >= 0.3 is 6.03 Å².